The van der Waals surface area contributed by atoms with Crippen LogP contribution in [0.4, 0.5) is 10.5 Å². The Kier molecular flexibility index (Phi) is 12.2. The molecule has 3 unspecified atom stereocenters. The topological polar surface area (TPSA) is 140 Å². The molecule has 10 heteroatoms. The first-order chi connectivity index (χ1) is 19.2. The summed E-state index contributed by atoms with van der Waals surface area (Å²) in [5.74, 6) is -0.887. The quantitative estimate of drug-likeness (QED) is 0.317. The summed E-state index contributed by atoms with van der Waals surface area (Å²) in [5, 5.41) is 5.42. The van der Waals surface area contributed by atoms with Crippen molar-refractivity contribution in [3.63, 3.8) is 0 Å². The Hall–Kier alpha value is -4.08. The number of hydrogen-bond donors (Lipinski definition) is 3. The van der Waals surface area contributed by atoms with Gasteiger partial charge in [0.15, 0.2) is 0 Å². The minimum absolute atomic E-state index is 0.346. The molecule has 2 aromatic carbocycles. The first-order valence-corrected chi connectivity index (χ1v) is 13.8. The number of anilines is 1. The summed E-state index contributed by atoms with van der Waals surface area (Å²) in [7, 11) is 1.55. The summed E-state index contributed by atoms with van der Waals surface area (Å²) < 4.78 is 10.6. The van der Waals surface area contributed by atoms with Gasteiger partial charge >= 0.3 is 6.09 Å². The highest BCUT2D eigenvalue weighted by Crippen LogP contribution is 2.29. The van der Waals surface area contributed by atoms with Gasteiger partial charge in [-0.2, -0.15) is 0 Å². The number of nitrogens with zero attached hydrogens (tertiary/aromatic N) is 1. The molecule has 3 atom stereocenters. The van der Waals surface area contributed by atoms with Crippen LogP contribution in [0.3, 0.4) is 0 Å². The molecule has 10 nitrogen and oxygen atoms in total. The molecule has 0 aromatic heterocycles. The molecule has 0 spiro atoms. The van der Waals surface area contributed by atoms with Crippen molar-refractivity contribution in [3.8, 4) is 5.75 Å². The molecule has 0 bridgehead atoms. The number of ether oxygens (including phenoxy) is 2. The molecule has 4 amide bonds. The molecule has 224 valence electrons. The van der Waals surface area contributed by atoms with Crippen molar-refractivity contribution in [3.05, 3.63) is 60.2 Å². The van der Waals surface area contributed by atoms with Crippen molar-refractivity contribution in [2.75, 3.05) is 12.4 Å². The first kappa shape index (κ1) is 33.1. The van der Waals surface area contributed by atoms with Crippen molar-refractivity contribution < 1.29 is 28.7 Å². The van der Waals surface area contributed by atoms with Crippen molar-refractivity contribution in [2.24, 2.45) is 11.7 Å². The second kappa shape index (κ2) is 15.1. The van der Waals surface area contributed by atoms with E-state index in [4.69, 9.17) is 15.2 Å². The summed E-state index contributed by atoms with van der Waals surface area (Å²) in [6.07, 6.45) is 0.0311. The predicted molar refractivity (Wildman–Crippen MR) is 158 cm³/mol. The molecule has 0 aliphatic rings. The maximum atomic E-state index is 14.3. The van der Waals surface area contributed by atoms with Crippen molar-refractivity contribution in [1.82, 2.24) is 10.2 Å². The first-order valence-electron chi connectivity index (χ1n) is 13.8. The Balaban J connectivity index is 2.57. The number of carbonyl (C=O) groups is 4. The largest absolute Gasteiger partial charge is 0.497 e. The number of amides is 4. The lowest BCUT2D eigenvalue weighted by atomic mass is 9.96. The second-order valence-electron chi connectivity index (χ2n) is 11.5. The number of hydrogen-bond acceptors (Lipinski definition) is 6. The van der Waals surface area contributed by atoms with Gasteiger partial charge in [0.25, 0.3) is 5.91 Å². The number of benzene rings is 2. The highest BCUT2D eigenvalue weighted by Gasteiger charge is 2.39. The standard InChI is InChI=1S/C31H44N4O6/c1-20(2)13-14-21(3)35(29(38)25(19-26(32)36)34-30(39)41-31(4,5)6)27(22-11-9-8-10-12-22)28(37)33-23-15-17-24(40-7)18-16-23/h8-12,15-18,20-21,25,27H,13-14,19H2,1-7H3,(H2,32,36)(H,33,37)(H,34,39). The van der Waals surface area contributed by atoms with Gasteiger partial charge in [0.1, 0.15) is 23.4 Å². The van der Waals surface area contributed by atoms with E-state index in [1.54, 1.807) is 76.4 Å². The number of alkyl carbamates (subject to hydrolysis) is 1. The van der Waals surface area contributed by atoms with Gasteiger partial charge in [-0.15, -0.1) is 0 Å². The lowest BCUT2D eigenvalue weighted by Crippen LogP contribution is -2.55. The molecule has 0 heterocycles. The molecule has 2 rings (SSSR count). The monoisotopic (exact) mass is 568 g/mol. The highest BCUT2D eigenvalue weighted by molar-refractivity contribution is 5.99. The lowest BCUT2D eigenvalue weighted by molar-refractivity contribution is -0.144. The number of primary amides is 1. The van der Waals surface area contributed by atoms with Crippen LogP contribution in [0, 0.1) is 5.92 Å². The Morgan fingerprint density at radius 1 is 0.927 bits per heavy atom. The normalized spacial score (nSPS) is 13.5. The van der Waals surface area contributed by atoms with E-state index in [0.717, 1.165) is 6.42 Å². The maximum Gasteiger partial charge on any atom is 0.408 e. The van der Waals surface area contributed by atoms with Crippen LogP contribution in [0.15, 0.2) is 54.6 Å². The van der Waals surface area contributed by atoms with E-state index in [0.29, 0.717) is 29.3 Å². The molecule has 0 saturated heterocycles. The highest BCUT2D eigenvalue weighted by atomic mass is 16.6. The van der Waals surface area contributed by atoms with Gasteiger partial charge < -0.3 is 30.7 Å². The predicted octanol–water partition coefficient (Wildman–Crippen LogP) is 4.80. The van der Waals surface area contributed by atoms with Gasteiger partial charge in [0.05, 0.1) is 13.5 Å². The minimum atomic E-state index is -1.34. The number of carbonyl (C=O) groups excluding carboxylic acids is 4. The van der Waals surface area contributed by atoms with E-state index < -0.39 is 54.0 Å². The third-order valence-corrected chi connectivity index (χ3v) is 6.28. The van der Waals surface area contributed by atoms with E-state index in [9.17, 15) is 19.2 Å². The third-order valence-electron chi connectivity index (χ3n) is 6.28. The van der Waals surface area contributed by atoms with E-state index in [1.165, 1.54) is 4.90 Å². The summed E-state index contributed by atoms with van der Waals surface area (Å²) in [4.78, 5) is 54.4. The van der Waals surface area contributed by atoms with E-state index in [-0.39, 0.29) is 0 Å². The van der Waals surface area contributed by atoms with Crippen LogP contribution in [0.1, 0.15) is 72.4 Å². The van der Waals surface area contributed by atoms with Gasteiger partial charge in [-0.1, -0.05) is 44.2 Å². The van der Waals surface area contributed by atoms with Gasteiger partial charge in [0.2, 0.25) is 11.8 Å². The van der Waals surface area contributed by atoms with Crippen LogP contribution in [-0.2, 0) is 19.1 Å². The molecule has 0 aliphatic heterocycles. The molecule has 41 heavy (non-hydrogen) atoms. The van der Waals surface area contributed by atoms with Gasteiger partial charge in [-0.25, -0.2) is 4.79 Å². The molecule has 2 aromatic rings. The molecule has 0 radical (unpaired) electrons. The Morgan fingerprint density at radius 3 is 2.05 bits per heavy atom. The molecule has 0 fully saturated rings. The zero-order valence-corrected chi connectivity index (χ0v) is 25.1. The van der Waals surface area contributed by atoms with E-state index >= 15 is 0 Å². The Morgan fingerprint density at radius 2 is 1.54 bits per heavy atom. The summed E-state index contributed by atoms with van der Waals surface area (Å²) >= 11 is 0. The smallest absolute Gasteiger partial charge is 0.408 e. The number of rotatable bonds is 13. The zero-order valence-electron chi connectivity index (χ0n) is 25.1. The lowest BCUT2D eigenvalue weighted by Gasteiger charge is -2.38. The van der Waals surface area contributed by atoms with Crippen molar-refractivity contribution in [1.29, 1.82) is 0 Å². The van der Waals surface area contributed by atoms with Crippen LogP contribution in [0.2, 0.25) is 0 Å². The molecule has 0 saturated carbocycles. The fraction of sp³-hybridized carbons (Fsp3) is 0.484. The number of nitrogens with one attached hydrogen (secondary N) is 2. The summed E-state index contributed by atoms with van der Waals surface area (Å²) in [6.45, 7) is 11.1. The molecule has 0 aliphatic carbocycles. The van der Waals surface area contributed by atoms with Crippen LogP contribution in [-0.4, -0.2) is 53.5 Å². The van der Waals surface area contributed by atoms with Crippen LogP contribution >= 0.6 is 0 Å². The van der Waals surface area contributed by atoms with Gasteiger partial charge in [-0.3, -0.25) is 14.4 Å². The third kappa shape index (κ3) is 10.8. The maximum absolute atomic E-state index is 14.3. The van der Waals surface area contributed by atoms with Gasteiger partial charge in [0, 0.05) is 11.7 Å². The average molecular weight is 569 g/mol. The number of nitrogens with two attached hydrogens (primary N) is 1. The molecular formula is C31H44N4O6. The van der Waals surface area contributed by atoms with E-state index in [2.05, 4.69) is 24.5 Å². The molecular weight excluding hydrogens is 524 g/mol. The van der Waals surface area contributed by atoms with E-state index in [1.807, 2.05) is 13.0 Å². The Labute approximate surface area is 242 Å². The SMILES string of the molecule is COc1ccc(NC(=O)C(c2ccccc2)N(C(=O)C(CC(N)=O)NC(=O)OC(C)(C)C)C(C)CCC(C)C)cc1. The number of methoxy groups -OCH3 is 1. The van der Waals surface area contributed by atoms with Crippen LogP contribution < -0.4 is 21.1 Å². The van der Waals surface area contributed by atoms with Gasteiger partial charge in [-0.05, 0) is 76.3 Å². The second-order valence-corrected chi connectivity index (χ2v) is 11.5. The van der Waals surface area contributed by atoms with Crippen molar-refractivity contribution >= 4 is 29.5 Å². The average Bonchev–Trinajstić information content (AvgIpc) is 2.89. The zero-order chi connectivity index (χ0) is 30.7. The fourth-order valence-corrected chi connectivity index (χ4v) is 4.30. The minimum Gasteiger partial charge on any atom is -0.497 e. The summed E-state index contributed by atoms with van der Waals surface area (Å²) in [6, 6.07) is 12.9. The summed E-state index contributed by atoms with van der Waals surface area (Å²) in [5.41, 5.74) is 5.74. The molecule has 4 N–H and O–H groups in total. The van der Waals surface area contributed by atoms with Crippen LogP contribution in [0.5, 0.6) is 5.75 Å². The van der Waals surface area contributed by atoms with Crippen molar-refractivity contribution in [2.45, 2.75) is 84.5 Å². The fourth-order valence-electron chi connectivity index (χ4n) is 4.30. The van der Waals surface area contributed by atoms with Crippen LogP contribution in [0.25, 0.3) is 0 Å². The Bertz CT molecular complexity index is 1160.